The molecule has 0 unspecified atom stereocenters. The second-order valence-electron chi connectivity index (χ2n) is 4.74. The Hall–Kier alpha value is -0.780. The first kappa shape index (κ1) is 13.3. The highest BCUT2D eigenvalue weighted by molar-refractivity contribution is 5.40. The van der Waals surface area contributed by atoms with Crippen LogP contribution < -0.4 is 0 Å². The molecule has 16 heavy (non-hydrogen) atoms. The van der Waals surface area contributed by atoms with Crippen LogP contribution in [0.15, 0.2) is 12.1 Å². The molecule has 0 atom stereocenters. The molecule has 1 aromatic rings. The zero-order chi connectivity index (χ0) is 12.0. The van der Waals surface area contributed by atoms with Gasteiger partial charge in [-0.2, -0.15) is 0 Å². The van der Waals surface area contributed by atoms with Crippen LogP contribution in [-0.2, 0) is 19.3 Å². The number of rotatable bonds is 6. The van der Waals surface area contributed by atoms with Crippen LogP contribution in [0, 0.1) is 6.92 Å². The Morgan fingerprint density at radius 3 is 1.81 bits per heavy atom. The topological polar surface area (TPSA) is 0 Å². The minimum Gasteiger partial charge on any atom is -0.0651 e. The molecule has 0 radical (unpaired) electrons. The van der Waals surface area contributed by atoms with Gasteiger partial charge in [-0.05, 0) is 48.4 Å². The normalized spacial score (nSPS) is 10.8. The van der Waals surface area contributed by atoms with Crippen LogP contribution in [-0.4, -0.2) is 0 Å². The maximum atomic E-state index is 2.37. The van der Waals surface area contributed by atoms with Gasteiger partial charge in [0.1, 0.15) is 0 Å². The molecule has 90 valence electrons. The van der Waals surface area contributed by atoms with E-state index in [0.29, 0.717) is 0 Å². The molecule has 0 aliphatic rings. The van der Waals surface area contributed by atoms with E-state index in [9.17, 15) is 0 Å². The second kappa shape index (κ2) is 6.73. The van der Waals surface area contributed by atoms with Crippen molar-refractivity contribution in [3.63, 3.8) is 0 Å². The van der Waals surface area contributed by atoms with Gasteiger partial charge in [0, 0.05) is 0 Å². The number of hydrogen-bond donors (Lipinski definition) is 0. The van der Waals surface area contributed by atoms with Crippen LogP contribution in [0.2, 0.25) is 0 Å². The Morgan fingerprint density at radius 2 is 1.25 bits per heavy atom. The molecule has 0 aromatic heterocycles. The van der Waals surface area contributed by atoms with Crippen LogP contribution in [0.1, 0.15) is 62.3 Å². The molecule has 0 nitrogen and oxygen atoms in total. The molecule has 0 aliphatic heterocycles. The average molecular weight is 218 g/mol. The number of aryl methyl sites for hydroxylation is 2. The zero-order valence-corrected chi connectivity index (χ0v) is 11.4. The maximum Gasteiger partial charge on any atom is -0.0276 e. The van der Waals surface area contributed by atoms with Crippen molar-refractivity contribution < 1.29 is 0 Å². The van der Waals surface area contributed by atoms with Gasteiger partial charge in [0.05, 0.1) is 0 Å². The zero-order valence-electron chi connectivity index (χ0n) is 11.4. The van der Waals surface area contributed by atoms with Crippen molar-refractivity contribution >= 4 is 0 Å². The Kier molecular flexibility index (Phi) is 5.59. The summed E-state index contributed by atoms with van der Waals surface area (Å²) in [7, 11) is 0. The predicted molar refractivity (Wildman–Crippen MR) is 73.2 cm³/mol. The quantitative estimate of drug-likeness (QED) is 0.640. The molecular formula is C16H26. The lowest BCUT2D eigenvalue weighted by Crippen LogP contribution is -2.01. The molecule has 0 aliphatic carbocycles. The molecule has 1 aromatic carbocycles. The molecule has 0 spiro atoms. The summed E-state index contributed by atoms with van der Waals surface area (Å²) in [5.74, 6) is 0. The highest BCUT2D eigenvalue weighted by Crippen LogP contribution is 2.22. The van der Waals surface area contributed by atoms with Gasteiger partial charge in [-0.1, -0.05) is 52.2 Å². The van der Waals surface area contributed by atoms with Crippen LogP contribution in [0.5, 0.6) is 0 Å². The standard InChI is InChI=1S/C16H26/c1-5-8-14-11-12-15(9-6-2)16(10-7-3)13(14)4/h11-12H,5-10H2,1-4H3. The highest BCUT2D eigenvalue weighted by Gasteiger charge is 2.08. The second-order valence-corrected chi connectivity index (χ2v) is 4.74. The SMILES string of the molecule is CCCc1ccc(CCC)c(CCC)c1C. The van der Waals surface area contributed by atoms with Crippen LogP contribution in [0.25, 0.3) is 0 Å². The lowest BCUT2D eigenvalue weighted by molar-refractivity contribution is 0.838. The molecule has 0 heteroatoms. The van der Waals surface area contributed by atoms with Gasteiger partial charge >= 0.3 is 0 Å². The fourth-order valence-corrected chi connectivity index (χ4v) is 2.50. The summed E-state index contributed by atoms with van der Waals surface area (Å²) in [6, 6.07) is 4.72. The molecular weight excluding hydrogens is 192 g/mol. The van der Waals surface area contributed by atoms with Gasteiger partial charge in [-0.15, -0.1) is 0 Å². The first-order chi connectivity index (χ1) is 7.74. The van der Waals surface area contributed by atoms with E-state index in [1.54, 1.807) is 22.3 Å². The van der Waals surface area contributed by atoms with Gasteiger partial charge < -0.3 is 0 Å². The van der Waals surface area contributed by atoms with Crippen molar-refractivity contribution in [3.8, 4) is 0 Å². The third kappa shape index (κ3) is 3.10. The molecule has 0 heterocycles. The smallest absolute Gasteiger partial charge is 0.0276 e. The molecule has 0 N–H and O–H groups in total. The first-order valence-electron chi connectivity index (χ1n) is 6.84. The average Bonchev–Trinajstić information content (AvgIpc) is 2.28. The summed E-state index contributed by atoms with van der Waals surface area (Å²) in [5, 5.41) is 0. The van der Waals surface area contributed by atoms with Gasteiger partial charge in [0.15, 0.2) is 0 Å². The van der Waals surface area contributed by atoms with E-state index in [0.717, 1.165) is 0 Å². The van der Waals surface area contributed by atoms with Gasteiger partial charge in [0.2, 0.25) is 0 Å². The Morgan fingerprint density at radius 1 is 0.750 bits per heavy atom. The minimum atomic E-state index is 1.23. The van der Waals surface area contributed by atoms with Crippen molar-refractivity contribution in [3.05, 3.63) is 34.4 Å². The Bertz CT molecular complexity index is 323. The summed E-state index contributed by atoms with van der Waals surface area (Å²) in [6.45, 7) is 9.13. The lowest BCUT2D eigenvalue weighted by atomic mass is 9.90. The molecule has 0 bridgehead atoms. The third-order valence-corrected chi connectivity index (χ3v) is 3.35. The summed E-state index contributed by atoms with van der Waals surface area (Å²) in [4.78, 5) is 0. The van der Waals surface area contributed by atoms with E-state index in [1.807, 2.05) is 0 Å². The van der Waals surface area contributed by atoms with Crippen molar-refractivity contribution in [2.24, 2.45) is 0 Å². The van der Waals surface area contributed by atoms with E-state index in [4.69, 9.17) is 0 Å². The van der Waals surface area contributed by atoms with Gasteiger partial charge in [-0.25, -0.2) is 0 Å². The van der Waals surface area contributed by atoms with Crippen molar-refractivity contribution in [2.45, 2.75) is 66.2 Å². The number of hydrogen-bond acceptors (Lipinski definition) is 0. The maximum absolute atomic E-state index is 2.37. The number of benzene rings is 1. The first-order valence-corrected chi connectivity index (χ1v) is 6.84. The summed E-state index contributed by atoms with van der Waals surface area (Å²) < 4.78 is 0. The van der Waals surface area contributed by atoms with E-state index in [2.05, 4.69) is 39.8 Å². The van der Waals surface area contributed by atoms with Crippen LogP contribution in [0.4, 0.5) is 0 Å². The summed E-state index contributed by atoms with van der Waals surface area (Å²) in [6.07, 6.45) is 7.48. The fraction of sp³-hybridized carbons (Fsp3) is 0.625. The van der Waals surface area contributed by atoms with Crippen molar-refractivity contribution in [2.75, 3.05) is 0 Å². The Balaban J connectivity index is 3.07. The van der Waals surface area contributed by atoms with Gasteiger partial charge in [0.25, 0.3) is 0 Å². The van der Waals surface area contributed by atoms with Crippen molar-refractivity contribution in [1.82, 2.24) is 0 Å². The molecule has 1 rings (SSSR count). The third-order valence-electron chi connectivity index (χ3n) is 3.35. The van der Waals surface area contributed by atoms with Crippen LogP contribution in [0.3, 0.4) is 0 Å². The minimum absolute atomic E-state index is 1.23. The fourth-order valence-electron chi connectivity index (χ4n) is 2.50. The molecule has 0 fully saturated rings. The molecule has 0 saturated carbocycles. The van der Waals surface area contributed by atoms with E-state index >= 15 is 0 Å². The Labute approximate surface area is 101 Å². The van der Waals surface area contributed by atoms with E-state index < -0.39 is 0 Å². The highest BCUT2D eigenvalue weighted by atomic mass is 14.1. The van der Waals surface area contributed by atoms with Crippen LogP contribution >= 0.6 is 0 Å². The van der Waals surface area contributed by atoms with Gasteiger partial charge in [-0.3, -0.25) is 0 Å². The summed E-state index contributed by atoms with van der Waals surface area (Å²) in [5.41, 5.74) is 6.34. The monoisotopic (exact) mass is 218 g/mol. The lowest BCUT2D eigenvalue weighted by Gasteiger charge is -2.15. The van der Waals surface area contributed by atoms with E-state index in [-0.39, 0.29) is 0 Å². The molecule has 0 saturated heterocycles. The summed E-state index contributed by atoms with van der Waals surface area (Å²) >= 11 is 0. The van der Waals surface area contributed by atoms with E-state index in [1.165, 1.54) is 38.5 Å². The predicted octanol–water partition coefficient (Wildman–Crippen LogP) is 4.85. The van der Waals surface area contributed by atoms with Crippen molar-refractivity contribution in [1.29, 1.82) is 0 Å². The molecule has 0 amide bonds. The largest absolute Gasteiger partial charge is 0.0651 e.